The van der Waals surface area contributed by atoms with E-state index < -0.39 is 0 Å². The summed E-state index contributed by atoms with van der Waals surface area (Å²) in [5.41, 5.74) is 2.94. The highest BCUT2D eigenvalue weighted by Crippen LogP contribution is 2.36. The van der Waals surface area contributed by atoms with Crippen molar-refractivity contribution in [1.82, 2.24) is 5.32 Å². The summed E-state index contributed by atoms with van der Waals surface area (Å²) in [5.74, 6) is 0.653. The van der Waals surface area contributed by atoms with Crippen LogP contribution in [0.2, 0.25) is 0 Å². The highest BCUT2D eigenvalue weighted by molar-refractivity contribution is 5.35. The fourth-order valence-corrected chi connectivity index (χ4v) is 2.86. The van der Waals surface area contributed by atoms with Gasteiger partial charge in [-0.05, 0) is 36.3 Å². The van der Waals surface area contributed by atoms with Crippen molar-refractivity contribution in [3.05, 3.63) is 35.4 Å². The molecule has 3 unspecified atom stereocenters. The van der Waals surface area contributed by atoms with Crippen LogP contribution < -0.4 is 5.32 Å². The lowest BCUT2D eigenvalue weighted by Crippen LogP contribution is -2.34. The van der Waals surface area contributed by atoms with E-state index in [1.54, 1.807) is 0 Å². The predicted octanol–water partition coefficient (Wildman–Crippen LogP) is 2.67. The zero-order chi connectivity index (χ0) is 12.3. The van der Waals surface area contributed by atoms with Gasteiger partial charge in [-0.1, -0.05) is 38.1 Å². The van der Waals surface area contributed by atoms with Crippen LogP contribution in [-0.2, 0) is 6.42 Å². The summed E-state index contributed by atoms with van der Waals surface area (Å²) < 4.78 is 0. The van der Waals surface area contributed by atoms with Crippen molar-refractivity contribution >= 4 is 0 Å². The van der Waals surface area contributed by atoms with Crippen molar-refractivity contribution in [2.45, 2.75) is 45.2 Å². The Kier molecular flexibility index (Phi) is 4.19. The molecule has 94 valence electrons. The van der Waals surface area contributed by atoms with Gasteiger partial charge in [-0.2, -0.15) is 0 Å². The summed E-state index contributed by atoms with van der Waals surface area (Å²) in [6.07, 6.45) is 3.09. The first-order valence-electron chi connectivity index (χ1n) is 6.71. The summed E-state index contributed by atoms with van der Waals surface area (Å²) in [5, 5.41) is 12.8. The smallest absolute Gasteiger partial charge is 0.0445 e. The van der Waals surface area contributed by atoms with Gasteiger partial charge in [-0.25, -0.2) is 0 Å². The van der Waals surface area contributed by atoms with E-state index in [2.05, 4.69) is 43.4 Å². The van der Waals surface area contributed by atoms with E-state index in [0.29, 0.717) is 18.0 Å². The molecular formula is C15H23NO. The maximum atomic E-state index is 9.06. The van der Waals surface area contributed by atoms with E-state index in [-0.39, 0.29) is 6.61 Å². The normalized spacial score (nSPS) is 24.6. The maximum Gasteiger partial charge on any atom is 0.0445 e. The zero-order valence-electron chi connectivity index (χ0n) is 10.8. The Morgan fingerprint density at radius 1 is 1.41 bits per heavy atom. The second-order valence-electron chi connectivity index (χ2n) is 5.14. The summed E-state index contributed by atoms with van der Waals surface area (Å²) in [4.78, 5) is 0. The minimum atomic E-state index is 0.272. The number of aliphatic hydroxyl groups is 1. The molecule has 2 heteroatoms. The fraction of sp³-hybridized carbons (Fsp3) is 0.600. The van der Waals surface area contributed by atoms with Crippen LogP contribution in [0, 0.1) is 5.92 Å². The number of benzene rings is 1. The number of fused-ring (bicyclic) bond motifs is 1. The van der Waals surface area contributed by atoms with Crippen molar-refractivity contribution in [1.29, 1.82) is 0 Å². The molecule has 0 fully saturated rings. The van der Waals surface area contributed by atoms with Gasteiger partial charge in [0.1, 0.15) is 0 Å². The van der Waals surface area contributed by atoms with Crippen LogP contribution in [0.5, 0.6) is 0 Å². The topological polar surface area (TPSA) is 32.3 Å². The second kappa shape index (κ2) is 5.65. The molecule has 0 aliphatic heterocycles. The molecule has 2 rings (SSSR count). The van der Waals surface area contributed by atoms with Gasteiger partial charge < -0.3 is 10.4 Å². The Balaban J connectivity index is 2.10. The third kappa shape index (κ3) is 2.70. The van der Waals surface area contributed by atoms with E-state index in [4.69, 9.17) is 5.11 Å². The van der Waals surface area contributed by atoms with Crippen molar-refractivity contribution in [3.63, 3.8) is 0 Å². The molecule has 0 saturated heterocycles. The highest BCUT2D eigenvalue weighted by Gasteiger charge is 2.29. The van der Waals surface area contributed by atoms with Gasteiger partial charge in [0.15, 0.2) is 0 Å². The number of hydrogen-bond donors (Lipinski definition) is 2. The summed E-state index contributed by atoms with van der Waals surface area (Å²) in [6, 6.07) is 9.61. The van der Waals surface area contributed by atoms with Crippen LogP contribution in [0.1, 0.15) is 43.9 Å². The Hall–Kier alpha value is -0.860. The summed E-state index contributed by atoms with van der Waals surface area (Å²) >= 11 is 0. The minimum Gasteiger partial charge on any atom is -0.396 e. The van der Waals surface area contributed by atoms with Crippen molar-refractivity contribution in [2.75, 3.05) is 6.61 Å². The summed E-state index contributed by atoms with van der Waals surface area (Å²) in [6.45, 7) is 4.76. The molecule has 0 spiro atoms. The van der Waals surface area contributed by atoms with Gasteiger partial charge in [0, 0.05) is 18.7 Å². The lowest BCUT2D eigenvalue weighted by molar-refractivity contribution is 0.247. The minimum absolute atomic E-state index is 0.272. The van der Waals surface area contributed by atoms with E-state index in [9.17, 15) is 0 Å². The van der Waals surface area contributed by atoms with Gasteiger partial charge in [-0.3, -0.25) is 0 Å². The van der Waals surface area contributed by atoms with Crippen LogP contribution in [0.25, 0.3) is 0 Å². The van der Waals surface area contributed by atoms with Crippen molar-refractivity contribution in [3.8, 4) is 0 Å². The number of hydrogen-bond acceptors (Lipinski definition) is 2. The van der Waals surface area contributed by atoms with E-state index in [1.807, 2.05) is 0 Å². The first-order chi connectivity index (χ1) is 8.26. The first-order valence-corrected chi connectivity index (χ1v) is 6.71. The monoisotopic (exact) mass is 233 g/mol. The lowest BCUT2D eigenvalue weighted by Gasteiger charge is -2.25. The van der Waals surface area contributed by atoms with Crippen LogP contribution in [0.4, 0.5) is 0 Å². The van der Waals surface area contributed by atoms with E-state index in [1.165, 1.54) is 17.5 Å². The standard InChI is InChI=1S/C15H23NO/c1-3-13(8-9-17)16-15-11(2)10-12-6-4-5-7-14(12)15/h4-7,11,13,15-17H,3,8-10H2,1-2H3. The van der Waals surface area contributed by atoms with Gasteiger partial charge in [0.25, 0.3) is 0 Å². The van der Waals surface area contributed by atoms with Crippen LogP contribution in [-0.4, -0.2) is 17.8 Å². The Bertz CT molecular complexity index is 364. The quantitative estimate of drug-likeness (QED) is 0.819. The molecule has 1 aromatic carbocycles. The molecule has 2 nitrogen and oxygen atoms in total. The molecule has 1 aromatic rings. The molecule has 1 aliphatic rings. The molecule has 0 amide bonds. The van der Waals surface area contributed by atoms with Gasteiger partial charge in [0.2, 0.25) is 0 Å². The Labute approximate surface area is 104 Å². The largest absolute Gasteiger partial charge is 0.396 e. The predicted molar refractivity (Wildman–Crippen MR) is 71.0 cm³/mol. The third-order valence-electron chi connectivity index (χ3n) is 3.89. The number of rotatable bonds is 5. The molecule has 0 bridgehead atoms. The zero-order valence-corrected chi connectivity index (χ0v) is 10.8. The molecular weight excluding hydrogens is 210 g/mol. The average molecular weight is 233 g/mol. The molecule has 0 heterocycles. The molecule has 1 aliphatic carbocycles. The molecule has 0 radical (unpaired) electrons. The van der Waals surface area contributed by atoms with Crippen LogP contribution in [0.3, 0.4) is 0 Å². The molecule has 3 atom stereocenters. The SMILES string of the molecule is CCC(CCO)NC1c2ccccc2CC1C. The Morgan fingerprint density at radius 3 is 2.88 bits per heavy atom. The molecule has 0 saturated carbocycles. The van der Waals surface area contributed by atoms with Gasteiger partial charge in [0.05, 0.1) is 0 Å². The Morgan fingerprint density at radius 2 is 2.18 bits per heavy atom. The summed E-state index contributed by atoms with van der Waals surface area (Å²) in [7, 11) is 0. The average Bonchev–Trinajstić information content (AvgIpc) is 2.65. The van der Waals surface area contributed by atoms with Crippen LogP contribution in [0.15, 0.2) is 24.3 Å². The van der Waals surface area contributed by atoms with Gasteiger partial charge in [-0.15, -0.1) is 0 Å². The molecule has 17 heavy (non-hydrogen) atoms. The maximum absolute atomic E-state index is 9.06. The lowest BCUT2D eigenvalue weighted by atomic mass is 10.0. The second-order valence-corrected chi connectivity index (χ2v) is 5.14. The molecule has 0 aromatic heterocycles. The fourth-order valence-electron chi connectivity index (χ4n) is 2.86. The van der Waals surface area contributed by atoms with Gasteiger partial charge >= 0.3 is 0 Å². The number of aliphatic hydroxyl groups excluding tert-OH is 1. The van der Waals surface area contributed by atoms with Crippen LogP contribution >= 0.6 is 0 Å². The van der Waals surface area contributed by atoms with E-state index in [0.717, 1.165) is 12.8 Å². The first kappa shape index (κ1) is 12.6. The van der Waals surface area contributed by atoms with Crippen molar-refractivity contribution in [2.24, 2.45) is 5.92 Å². The number of nitrogens with one attached hydrogen (secondary N) is 1. The molecule has 2 N–H and O–H groups in total. The third-order valence-corrected chi connectivity index (χ3v) is 3.89. The highest BCUT2D eigenvalue weighted by atomic mass is 16.3. The van der Waals surface area contributed by atoms with Crippen molar-refractivity contribution < 1.29 is 5.11 Å². The van der Waals surface area contributed by atoms with E-state index >= 15 is 0 Å².